The molecule has 7 nitrogen and oxygen atoms in total. The number of halogens is 3. The first kappa shape index (κ1) is 21.5. The van der Waals surface area contributed by atoms with E-state index in [1.54, 1.807) is 12.1 Å². The molecule has 0 aliphatic rings. The number of benzene rings is 2. The number of pyridine rings is 1. The number of rotatable bonds is 5. The summed E-state index contributed by atoms with van der Waals surface area (Å²) in [5.41, 5.74) is -0.135. The molecule has 32 heavy (non-hydrogen) atoms. The summed E-state index contributed by atoms with van der Waals surface area (Å²) in [6, 6.07) is 10.5. The van der Waals surface area contributed by atoms with Crippen molar-refractivity contribution in [1.29, 1.82) is 0 Å². The fourth-order valence-corrected chi connectivity index (χ4v) is 4.19. The van der Waals surface area contributed by atoms with Crippen molar-refractivity contribution in [3.63, 3.8) is 0 Å². The fraction of sp³-hybridized carbons (Fsp3) is 0.0952. The molecule has 1 N–H and O–H groups in total. The van der Waals surface area contributed by atoms with Gasteiger partial charge >= 0.3 is 6.18 Å². The van der Waals surface area contributed by atoms with Crippen LogP contribution in [0.3, 0.4) is 0 Å². The molecule has 0 aliphatic heterocycles. The van der Waals surface area contributed by atoms with Crippen molar-refractivity contribution >= 4 is 26.6 Å². The van der Waals surface area contributed by atoms with Crippen LogP contribution in [0.1, 0.15) is 5.56 Å². The lowest BCUT2D eigenvalue weighted by Gasteiger charge is -2.14. The Morgan fingerprint density at radius 1 is 0.969 bits per heavy atom. The molecule has 0 bridgehead atoms. The predicted octanol–water partition coefficient (Wildman–Crippen LogP) is 4.52. The first-order valence-electron chi connectivity index (χ1n) is 9.12. The van der Waals surface area contributed by atoms with E-state index in [1.165, 1.54) is 50.1 Å². The van der Waals surface area contributed by atoms with Gasteiger partial charge in [-0.05, 0) is 47.9 Å². The number of hydrogen-bond acceptors (Lipinski definition) is 6. The molecule has 0 saturated heterocycles. The molecular weight excluding hydrogens is 445 g/mol. The van der Waals surface area contributed by atoms with Gasteiger partial charge in [0, 0.05) is 23.3 Å². The molecule has 0 aliphatic carbocycles. The molecular formula is C21H15F3N4O3S. The standard InChI is InChI=1S/C21H15F3N4O3S/c1-31-18-11-14(21(22,23)24)2-4-17(18)20-16-5-3-15(10-13(16)6-9-26-20)32(29,30)28-19-7-8-25-12-27-19/h2-12H,1H3,(H,25,27,28). The lowest BCUT2D eigenvalue weighted by molar-refractivity contribution is -0.137. The van der Waals surface area contributed by atoms with Gasteiger partial charge in [-0.2, -0.15) is 13.2 Å². The molecule has 0 atom stereocenters. The average molecular weight is 460 g/mol. The number of sulfonamides is 1. The summed E-state index contributed by atoms with van der Waals surface area (Å²) < 4.78 is 72.2. The highest BCUT2D eigenvalue weighted by Gasteiger charge is 2.31. The highest BCUT2D eigenvalue weighted by Crippen LogP contribution is 2.38. The van der Waals surface area contributed by atoms with E-state index in [4.69, 9.17) is 4.74 Å². The van der Waals surface area contributed by atoms with E-state index < -0.39 is 21.8 Å². The summed E-state index contributed by atoms with van der Waals surface area (Å²) in [4.78, 5) is 11.9. The van der Waals surface area contributed by atoms with Gasteiger partial charge in [-0.1, -0.05) is 6.07 Å². The van der Waals surface area contributed by atoms with E-state index in [-0.39, 0.29) is 16.5 Å². The number of hydrogen-bond donors (Lipinski definition) is 1. The molecule has 164 valence electrons. The van der Waals surface area contributed by atoms with Gasteiger partial charge in [0.25, 0.3) is 10.0 Å². The Morgan fingerprint density at radius 3 is 2.47 bits per heavy atom. The number of nitrogens with zero attached hydrogens (tertiary/aromatic N) is 3. The summed E-state index contributed by atoms with van der Waals surface area (Å²) in [5.74, 6) is 0.118. The van der Waals surface area contributed by atoms with Crippen LogP contribution in [0.25, 0.3) is 22.0 Å². The Morgan fingerprint density at radius 2 is 1.78 bits per heavy atom. The summed E-state index contributed by atoms with van der Waals surface area (Å²) in [6.45, 7) is 0. The van der Waals surface area contributed by atoms with Crippen LogP contribution >= 0.6 is 0 Å². The summed E-state index contributed by atoms with van der Waals surface area (Å²) in [7, 11) is -2.66. The van der Waals surface area contributed by atoms with Crippen LogP contribution in [0.2, 0.25) is 0 Å². The van der Waals surface area contributed by atoms with Crippen LogP contribution in [-0.2, 0) is 16.2 Å². The second-order valence-electron chi connectivity index (χ2n) is 6.66. The maximum absolute atomic E-state index is 13.1. The smallest absolute Gasteiger partial charge is 0.416 e. The van der Waals surface area contributed by atoms with E-state index in [0.29, 0.717) is 22.0 Å². The van der Waals surface area contributed by atoms with Crippen molar-refractivity contribution in [2.75, 3.05) is 11.8 Å². The summed E-state index contributed by atoms with van der Waals surface area (Å²) in [6.07, 6.45) is -0.449. The van der Waals surface area contributed by atoms with Gasteiger partial charge < -0.3 is 4.74 Å². The van der Waals surface area contributed by atoms with Crippen LogP contribution in [0.5, 0.6) is 5.75 Å². The normalized spacial score (nSPS) is 12.0. The number of nitrogens with one attached hydrogen (secondary N) is 1. The summed E-state index contributed by atoms with van der Waals surface area (Å²) in [5, 5.41) is 1.08. The second kappa shape index (κ2) is 8.08. The number of aromatic nitrogens is 3. The SMILES string of the molecule is COc1cc(C(F)(F)F)ccc1-c1nccc2cc(S(=O)(=O)Nc3ccncn3)ccc12. The van der Waals surface area contributed by atoms with Gasteiger partial charge in [-0.15, -0.1) is 0 Å². The van der Waals surface area contributed by atoms with E-state index in [0.717, 1.165) is 12.1 Å². The van der Waals surface area contributed by atoms with Crippen molar-refractivity contribution in [1.82, 2.24) is 15.0 Å². The molecule has 0 fully saturated rings. The Balaban J connectivity index is 1.78. The minimum absolute atomic E-state index is 0.00181. The molecule has 11 heteroatoms. The van der Waals surface area contributed by atoms with E-state index in [1.807, 2.05) is 0 Å². The number of alkyl halides is 3. The van der Waals surface area contributed by atoms with Crippen LogP contribution in [0, 0.1) is 0 Å². The Kier molecular flexibility index (Phi) is 5.43. The van der Waals surface area contributed by atoms with Gasteiger partial charge in [0.2, 0.25) is 0 Å². The molecule has 0 radical (unpaired) electrons. The minimum atomic E-state index is -4.52. The fourth-order valence-electron chi connectivity index (χ4n) is 3.15. The van der Waals surface area contributed by atoms with Gasteiger partial charge in [0.15, 0.2) is 0 Å². The third-order valence-electron chi connectivity index (χ3n) is 4.65. The Bertz CT molecular complexity index is 1390. The van der Waals surface area contributed by atoms with Gasteiger partial charge in [-0.3, -0.25) is 9.71 Å². The van der Waals surface area contributed by atoms with Crippen molar-refractivity contribution in [2.45, 2.75) is 11.1 Å². The lowest BCUT2D eigenvalue weighted by Crippen LogP contribution is -2.13. The quantitative estimate of drug-likeness (QED) is 0.471. The number of methoxy groups -OCH3 is 1. The van der Waals surface area contributed by atoms with Gasteiger partial charge in [-0.25, -0.2) is 18.4 Å². The molecule has 2 aromatic carbocycles. The topological polar surface area (TPSA) is 94.1 Å². The van der Waals surface area contributed by atoms with E-state index in [2.05, 4.69) is 19.7 Å². The lowest BCUT2D eigenvalue weighted by atomic mass is 10.0. The van der Waals surface area contributed by atoms with Crippen LogP contribution < -0.4 is 9.46 Å². The van der Waals surface area contributed by atoms with Crippen molar-refractivity contribution < 1.29 is 26.3 Å². The molecule has 2 heterocycles. The highest BCUT2D eigenvalue weighted by molar-refractivity contribution is 7.92. The van der Waals surface area contributed by atoms with Crippen molar-refractivity contribution in [3.8, 4) is 17.0 Å². The van der Waals surface area contributed by atoms with Crippen LogP contribution in [-0.4, -0.2) is 30.5 Å². The van der Waals surface area contributed by atoms with Gasteiger partial charge in [0.1, 0.15) is 17.9 Å². The van der Waals surface area contributed by atoms with Crippen LogP contribution in [0.15, 0.2) is 72.1 Å². The molecule has 0 amide bonds. The zero-order chi connectivity index (χ0) is 22.9. The van der Waals surface area contributed by atoms with E-state index in [9.17, 15) is 21.6 Å². The molecule has 4 aromatic rings. The van der Waals surface area contributed by atoms with E-state index >= 15 is 0 Å². The molecule has 4 rings (SSSR count). The minimum Gasteiger partial charge on any atom is -0.496 e. The van der Waals surface area contributed by atoms with Crippen molar-refractivity contribution in [2.24, 2.45) is 0 Å². The highest BCUT2D eigenvalue weighted by atomic mass is 32.2. The maximum atomic E-state index is 13.1. The first-order valence-corrected chi connectivity index (χ1v) is 10.6. The Labute approximate surface area is 181 Å². The molecule has 0 unspecified atom stereocenters. The summed E-state index contributed by atoms with van der Waals surface area (Å²) >= 11 is 0. The molecule has 2 aromatic heterocycles. The van der Waals surface area contributed by atoms with Crippen molar-refractivity contribution in [3.05, 3.63) is 72.8 Å². The second-order valence-corrected chi connectivity index (χ2v) is 8.34. The molecule has 0 spiro atoms. The predicted molar refractivity (Wildman–Crippen MR) is 112 cm³/mol. The zero-order valence-corrected chi connectivity index (χ0v) is 17.3. The average Bonchev–Trinajstić information content (AvgIpc) is 2.77. The zero-order valence-electron chi connectivity index (χ0n) is 16.5. The molecule has 0 saturated carbocycles. The third kappa shape index (κ3) is 4.19. The van der Waals surface area contributed by atoms with Gasteiger partial charge in [0.05, 0.1) is 23.3 Å². The number of fused-ring (bicyclic) bond motifs is 1. The monoisotopic (exact) mass is 460 g/mol. The number of anilines is 1. The Hall–Kier alpha value is -3.73. The largest absolute Gasteiger partial charge is 0.496 e. The first-order chi connectivity index (χ1) is 15.2. The maximum Gasteiger partial charge on any atom is 0.416 e. The third-order valence-corrected chi connectivity index (χ3v) is 6.00. The van der Waals surface area contributed by atoms with Crippen LogP contribution in [0.4, 0.5) is 19.0 Å². The number of ether oxygens (including phenoxy) is 1.